The zero-order valence-electron chi connectivity index (χ0n) is 10.6. The van der Waals surface area contributed by atoms with Crippen molar-refractivity contribution in [3.05, 3.63) is 37.8 Å². The van der Waals surface area contributed by atoms with E-state index in [0.29, 0.717) is 23.4 Å². The van der Waals surface area contributed by atoms with Crippen molar-refractivity contribution < 1.29 is 14.3 Å². The SMILES string of the molecule is COC(=O)c1csc(NC(=O)CCc2cc(Br)cs2)c1. The third-order valence-corrected chi connectivity index (χ3v) is 5.11. The fourth-order valence-electron chi connectivity index (χ4n) is 1.55. The highest BCUT2D eigenvalue weighted by Gasteiger charge is 2.10. The molecule has 0 saturated carbocycles. The molecule has 0 radical (unpaired) electrons. The molecule has 0 atom stereocenters. The maximum absolute atomic E-state index is 11.8. The molecule has 0 bridgehead atoms. The Morgan fingerprint density at radius 2 is 2.10 bits per heavy atom. The molecule has 1 amide bonds. The first-order valence-corrected chi connectivity index (χ1v) is 8.33. The van der Waals surface area contributed by atoms with Gasteiger partial charge in [0.25, 0.3) is 0 Å². The number of esters is 1. The van der Waals surface area contributed by atoms with E-state index in [4.69, 9.17) is 0 Å². The summed E-state index contributed by atoms with van der Waals surface area (Å²) in [7, 11) is 1.33. The molecule has 1 N–H and O–H groups in total. The number of rotatable bonds is 5. The summed E-state index contributed by atoms with van der Waals surface area (Å²) in [5, 5.41) is 7.10. The van der Waals surface area contributed by atoms with Crippen LogP contribution in [0.25, 0.3) is 0 Å². The first kappa shape index (κ1) is 15.2. The maximum Gasteiger partial charge on any atom is 0.338 e. The largest absolute Gasteiger partial charge is 0.465 e. The second-order valence-corrected chi connectivity index (χ2v) is 6.79. The molecule has 0 aliphatic heterocycles. The molecule has 2 aromatic heterocycles. The molecule has 7 heteroatoms. The molecule has 106 valence electrons. The van der Waals surface area contributed by atoms with Crippen molar-refractivity contribution in [3.63, 3.8) is 0 Å². The molecule has 2 rings (SSSR count). The van der Waals surface area contributed by atoms with E-state index >= 15 is 0 Å². The third kappa shape index (κ3) is 4.16. The number of halogens is 1. The van der Waals surface area contributed by atoms with Crippen molar-refractivity contribution in [2.24, 2.45) is 0 Å². The molecule has 4 nitrogen and oxygen atoms in total. The smallest absolute Gasteiger partial charge is 0.338 e. The predicted octanol–water partition coefficient (Wildman–Crippen LogP) is 3.93. The zero-order chi connectivity index (χ0) is 14.5. The van der Waals surface area contributed by atoms with Gasteiger partial charge in [-0.15, -0.1) is 22.7 Å². The molecule has 0 fully saturated rings. The summed E-state index contributed by atoms with van der Waals surface area (Å²) in [5.41, 5.74) is 0.454. The molecule has 0 aromatic carbocycles. The third-order valence-electron chi connectivity index (χ3n) is 2.50. The van der Waals surface area contributed by atoms with Gasteiger partial charge in [0, 0.05) is 26.5 Å². The summed E-state index contributed by atoms with van der Waals surface area (Å²) < 4.78 is 5.65. The summed E-state index contributed by atoms with van der Waals surface area (Å²) in [6.07, 6.45) is 1.12. The molecular weight excluding hydrogens is 362 g/mol. The minimum atomic E-state index is -0.398. The molecule has 0 aliphatic carbocycles. The molecule has 0 saturated heterocycles. The van der Waals surface area contributed by atoms with E-state index in [9.17, 15) is 9.59 Å². The normalized spacial score (nSPS) is 10.3. The van der Waals surface area contributed by atoms with Crippen LogP contribution in [-0.4, -0.2) is 19.0 Å². The minimum Gasteiger partial charge on any atom is -0.465 e. The van der Waals surface area contributed by atoms with Gasteiger partial charge in [0.1, 0.15) is 0 Å². The lowest BCUT2D eigenvalue weighted by Gasteiger charge is -2.01. The van der Waals surface area contributed by atoms with Crippen LogP contribution >= 0.6 is 38.6 Å². The average molecular weight is 374 g/mol. The van der Waals surface area contributed by atoms with E-state index in [1.54, 1.807) is 22.8 Å². The van der Waals surface area contributed by atoms with Gasteiger partial charge in [-0.25, -0.2) is 4.79 Å². The number of anilines is 1. The lowest BCUT2D eigenvalue weighted by Crippen LogP contribution is -2.11. The Balaban J connectivity index is 1.85. The first-order valence-electron chi connectivity index (χ1n) is 5.78. The van der Waals surface area contributed by atoms with Crippen molar-refractivity contribution in [2.75, 3.05) is 12.4 Å². The zero-order valence-corrected chi connectivity index (χ0v) is 13.9. The van der Waals surface area contributed by atoms with Crippen molar-refractivity contribution in [1.29, 1.82) is 0 Å². The Morgan fingerprint density at radius 3 is 2.75 bits per heavy atom. The van der Waals surface area contributed by atoms with Crippen LogP contribution in [0.3, 0.4) is 0 Å². The molecule has 0 aliphatic rings. The summed E-state index contributed by atoms with van der Waals surface area (Å²) in [6, 6.07) is 3.63. The van der Waals surface area contributed by atoms with Gasteiger partial charge in [0.2, 0.25) is 5.91 Å². The van der Waals surface area contributed by atoms with Crippen LogP contribution in [0.4, 0.5) is 5.00 Å². The highest BCUT2D eigenvalue weighted by Crippen LogP contribution is 2.23. The number of carbonyl (C=O) groups excluding carboxylic acids is 2. The number of carbonyl (C=O) groups is 2. The van der Waals surface area contributed by atoms with E-state index in [1.807, 2.05) is 11.4 Å². The van der Waals surface area contributed by atoms with Crippen LogP contribution in [0, 0.1) is 0 Å². The number of thiophene rings is 2. The number of aryl methyl sites for hydroxylation is 1. The Hall–Kier alpha value is -1.18. The number of ether oxygens (including phenoxy) is 1. The van der Waals surface area contributed by atoms with Gasteiger partial charge in [-0.1, -0.05) is 0 Å². The van der Waals surface area contributed by atoms with Crippen molar-refractivity contribution in [1.82, 2.24) is 0 Å². The maximum atomic E-state index is 11.8. The van der Waals surface area contributed by atoms with E-state index in [2.05, 4.69) is 26.0 Å². The van der Waals surface area contributed by atoms with Crippen LogP contribution in [0.5, 0.6) is 0 Å². The number of hydrogen-bond acceptors (Lipinski definition) is 5. The Bertz CT molecular complexity index is 621. The van der Waals surface area contributed by atoms with Crippen molar-refractivity contribution >= 4 is 55.5 Å². The Kier molecular flexibility index (Phi) is 5.33. The summed E-state index contributed by atoms with van der Waals surface area (Å²) in [6.45, 7) is 0. The van der Waals surface area contributed by atoms with E-state index < -0.39 is 5.97 Å². The van der Waals surface area contributed by atoms with Gasteiger partial charge in [0.05, 0.1) is 17.7 Å². The second kappa shape index (κ2) is 7.01. The summed E-state index contributed by atoms with van der Waals surface area (Å²) in [5.74, 6) is -0.460. The van der Waals surface area contributed by atoms with Crippen molar-refractivity contribution in [2.45, 2.75) is 12.8 Å². The lowest BCUT2D eigenvalue weighted by molar-refractivity contribution is -0.116. The van der Waals surface area contributed by atoms with Gasteiger partial charge in [-0.2, -0.15) is 0 Å². The van der Waals surface area contributed by atoms with Gasteiger partial charge in [-0.05, 0) is 34.5 Å². The summed E-state index contributed by atoms with van der Waals surface area (Å²) >= 11 is 6.32. The van der Waals surface area contributed by atoms with Crippen LogP contribution in [0.1, 0.15) is 21.7 Å². The minimum absolute atomic E-state index is 0.0622. The Morgan fingerprint density at radius 1 is 1.30 bits per heavy atom. The lowest BCUT2D eigenvalue weighted by atomic mass is 10.2. The van der Waals surface area contributed by atoms with Gasteiger partial charge in [-0.3, -0.25) is 4.79 Å². The highest BCUT2D eigenvalue weighted by atomic mass is 79.9. The molecule has 0 unspecified atom stereocenters. The number of nitrogens with one attached hydrogen (secondary N) is 1. The van der Waals surface area contributed by atoms with Crippen LogP contribution < -0.4 is 5.32 Å². The fourth-order valence-corrected chi connectivity index (χ4v) is 3.79. The van der Waals surface area contributed by atoms with Gasteiger partial charge < -0.3 is 10.1 Å². The van der Waals surface area contributed by atoms with Crippen LogP contribution in [0.15, 0.2) is 27.4 Å². The number of amides is 1. The molecule has 2 aromatic rings. The van der Waals surface area contributed by atoms with Gasteiger partial charge in [0.15, 0.2) is 0 Å². The number of methoxy groups -OCH3 is 1. The topological polar surface area (TPSA) is 55.4 Å². The quantitative estimate of drug-likeness (QED) is 0.807. The van der Waals surface area contributed by atoms with Gasteiger partial charge >= 0.3 is 5.97 Å². The van der Waals surface area contributed by atoms with E-state index in [0.717, 1.165) is 9.35 Å². The first-order chi connectivity index (χ1) is 9.58. The predicted molar refractivity (Wildman–Crippen MR) is 84.6 cm³/mol. The monoisotopic (exact) mass is 373 g/mol. The molecule has 20 heavy (non-hydrogen) atoms. The highest BCUT2D eigenvalue weighted by molar-refractivity contribution is 9.10. The molecule has 0 spiro atoms. The average Bonchev–Trinajstić information content (AvgIpc) is 3.05. The second-order valence-electron chi connectivity index (χ2n) is 3.97. The van der Waals surface area contributed by atoms with Crippen LogP contribution in [0.2, 0.25) is 0 Å². The molecule has 2 heterocycles. The van der Waals surface area contributed by atoms with Crippen LogP contribution in [-0.2, 0) is 16.0 Å². The molecular formula is C13H12BrNO3S2. The fraction of sp³-hybridized carbons (Fsp3) is 0.231. The number of hydrogen-bond donors (Lipinski definition) is 1. The Labute approximate surface area is 132 Å². The summed E-state index contributed by atoms with van der Waals surface area (Å²) in [4.78, 5) is 24.3. The standard InChI is InChI=1S/C13H12BrNO3S2/c1-18-13(17)8-4-12(20-6-8)15-11(16)3-2-10-5-9(14)7-19-10/h4-7H,2-3H2,1H3,(H,15,16). The van der Waals surface area contributed by atoms with E-state index in [1.165, 1.54) is 18.4 Å². The van der Waals surface area contributed by atoms with Crippen molar-refractivity contribution in [3.8, 4) is 0 Å². The van der Waals surface area contributed by atoms with E-state index in [-0.39, 0.29) is 5.91 Å².